The zero-order chi connectivity index (χ0) is 26.8. The molecule has 6 N–H and O–H groups in total. The van der Waals surface area contributed by atoms with Crippen LogP contribution in [-0.4, -0.2) is 107 Å². The molecule has 0 amide bonds. The molecule has 0 bridgehead atoms. The number of aromatic amines is 1. The van der Waals surface area contributed by atoms with Crippen molar-refractivity contribution in [3.05, 3.63) is 18.6 Å². The molecule has 0 radical (unpaired) electrons. The van der Waals surface area contributed by atoms with Crippen LogP contribution in [0.5, 0.6) is 0 Å². The minimum Gasteiger partial charge on any atom is -0.481 e. The van der Waals surface area contributed by atoms with E-state index in [0.717, 1.165) is 11.3 Å². The Balaban J connectivity index is 2.15. The highest BCUT2D eigenvalue weighted by atomic mass is 16.4. The van der Waals surface area contributed by atoms with Gasteiger partial charge in [-0.05, 0) is 25.8 Å². The van der Waals surface area contributed by atoms with Crippen molar-refractivity contribution in [2.75, 3.05) is 25.0 Å². The van der Waals surface area contributed by atoms with Gasteiger partial charge < -0.3 is 35.4 Å². The Morgan fingerprint density at radius 2 is 1.75 bits per heavy atom. The molecule has 2 aromatic heterocycles. The summed E-state index contributed by atoms with van der Waals surface area (Å²) >= 11 is 0. The lowest BCUT2D eigenvalue weighted by atomic mass is 9.73. The quantitative estimate of drug-likeness (QED) is 0.227. The Kier molecular flexibility index (Phi) is 7.62. The van der Waals surface area contributed by atoms with Crippen molar-refractivity contribution in [2.45, 2.75) is 50.0 Å². The van der Waals surface area contributed by atoms with E-state index in [0.29, 0.717) is 23.9 Å². The number of nitrogens with one attached hydrogen (secondary N) is 1. The molecule has 0 aromatic carbocycles. The fourth-order valence-electron chi connectivity index (χ4n) is 4.76. The largest absolute Gasteiger partial charge is 0.481 e. The number of ketones is 1. The first-order chi connectivity index (χ1) is 16.9. The van der Waals surface area contributed by atoms with Crippen molar-refractivity contribution in [1.29, 1.82) is 0 Å². The predicted molar refractivity (Wildman–Crippen MR) is 123 cm³/mol. The van der Waals surface area contributed by atoms with Crippen LogP contribution in [0.3, 0.4) is 0 Å². The number of likely N-dealkylation sites (N-methyl/N-ethyl adjacent to an activating group) is 1. The zero-order valence-electron chi connectivity index (χ0n) is 19.8. The van der Waals surface area contributed by atoms with Crippen LogP contribution in [0.15, 0.2) is 18.6 Å². The third kappa shape index (κ3) is 4.62. The number of piperidine rings is 1. The number of likely N-dealkylation sites (tertiary alicyclic amines) is 1. The van der Waals surface area contributed by atoms with E-state index in [1.54, 1.807) is 12.3 Å². The number of rotatable bonds is 11. The summed E-state index contributed by atoms with van der Waals surface area (Å²) in [4.78, 5) is 63.5. The van der Waals surface area contributed by atoms with Crippen molar-refractivity contribution in [3.63, 3.8) is 0 Å². The van der Waals surface area contributed by atoms with Crippen molar-refractivity contribution in [2.24, 2.45) is 5.92 Å². The smallest absolute Gasteiger partial charge is 0.337 e. The molecule has 1 fully saturated rings. The van der Waals surface area contributed by atoms with E-state index in [2.05, 4.69) is 15.0 Å². The van der Waals surface area contributed by atoms with E-state index < -0.39 is 53.4 Å². The van der Waals surface area contributed by atoms with Crippen molar-refractivity contribution < 1.29 is 44.7 Å². The van der Waals surface area contributed by atoms with Gasteiger partial charge in [-0.1, -0.05) is 6.42 Å². The van der Waals surface area contributed by atoms with Gasteiger partial charge in [0.15, 0.2) is 11.3 Å². The number of H-pyrrole nitrogens is 1. The summed E-state index contributed by atoms with van der Waals surface area (Å²) in [7, 11) is 1.48. The number of carbonyl (C=O) groups is 4. The van der Waals surface area contributed by atoms with Crippen LogP contribution in [0.2, 0.25) is 0 Å². The number of carboxylic acids is 3. The molecule has 1 aliphatic rings. The number of hydrogen-bond donors (Lipinski definition) is 6. The highest BCUT2D eigenvalue weighted by Crippen LogP contribution is 2.39. The number of fused-ring (bicyclic) bond motifs is 1. The second kappa shape index (κ2) is 10.2. The van der Waals surface area contributed by atoms with E-state index in [1.807, 2.05) is 0 Å². The van der Waals surface area contributed by atoms with Gasteiger partial charge in [0.1, 0.15) is 23.7 Å². The number of aromatic nitrogens is 3. The molecule has 14 heteroatoms. The SMILES string of the molecule is CC(C(=O)C(O)([C@H](C(=O)O)[C@](O)(CC(=O)O)C(=O)O)N1CCCCC1)N(C)c1ncnc2[nH]ccc12. The molecule has 1 aliphatic heterocycles. The molecule has 2 aromatic rings. The normalized spacial score (nSPS) is 19.6. The van der Waals surface area contributed by atoms with Crippen molar-refractivity contribution >= 4 is 40.5 Å². The highest BCUT2D eigenvalue weighted by molar-refractivity contribution is 6.01. The summed E-state index contributed by atoms with van der Waals surface area (Å²) in [6.07, 6.45) is 2.95. The van der Waals surface area contributed by atoms with Crippen molar-refractivity contribution in [1.82, 2.24) is 19.9 Å². The maximum atomic E-state index is 14.0. The lowest BCUT2D eigenvalue weighted by molar-refractivity contribution is -0.224. The maximum absolute atomic E-state index is 14.0. The molecule has 3 heterocycles. The van der Waals surface area contributed by atoms with Crippen LogP contribution in [0.1, 0.15) is 32.6 Å². The molecule has 14 nitrogen and oxygen atoms in total. The van der Waals surface area contributed by atoms with Crippen molar-refractivity contribution in [3.8, 4) is 0 Å². The number of aliphatic carboxylic acids is 3. The molecular weight excluding hydrogens is 478 g/mol. The third-order valence-electron chi connectivity index (χ3n) is 6.75. The zero-order valence-corrected chi connectivity index (χ0v) is 19.8. The number of anilines is 1. The molecular formula is C22H29N5O9. The molecule has 0 aliphatic carbocycles. The number of aliphatic hydroxyl groups is 2. The fraction of sp³-hybridized carbons (Fsp3) is 0.545. The average Bonchev–Trinajstić information content (AvgIpc) is 3.31. The molecule has 4 atom stereocenters. The lowest BCUT2D eigenvalue weighted by Crippen LogP contribution is -2.72. The van der Waals surface area contributed by atoms with Crippen LogP contribution in [0, 0.1) is 5.92 Å². The fourth-order valence-corrected chi connectivity index (χ4v) is 4.76. The summed E-state index contributed by atoms with van der Waals surface area (Å²) in [5.41, 5.74) is -6.10. The van der Waals surface area contributed by atoms with Gasteiger partial charge in [-0.15, -0.1) is 0 Å². The van der Waals surface area contributed by atoms with E-state index in [-0.39, 0.29) is 18.9 Å². The second-order valence-electron chi connectivity index (χ2n) is 8.93. The molecule has 0 spiro atoms. The molecule has 196 valence electrons. The number of carboxylic acid groups (broad SMARTS) is 3. The van der Waals surface area contributed by atoms with Gasteiger partial charge >= 0.3 is 17.9 Å². The van der Waals surface area contributed by atoms with Gasteiger partial charge in [0.2, 0.25) is 5.78 Å². The number of Topliss-reactive ketones (excluding diaryl/α,β-unsaturated/α-hetero) is 1. The van der Waals surface area contributed by atoms with Crippen LogP contribution in [0.25, 0.3) is 11.0 Å². The third-order valence-corrected chi connectivity index (χ3v) is 6.75. The molecule has 0 saturated carbocycles. The molecule has 3 rings (SSSR count). The first kappa shape index (κ1) is 27.0. The molecule has 36 heavy (non-hydrogen) atoms. The average molecular weight is 508 g/mol. The highest BCUT2D eigenvalue weighted by Gasteiger charge is 2.65. The molecule has 2 unspecified atom stereocenters. The standard InChI is InChI=1S/C22H29N5O9/c1-12(26(2)18-13-6-7-23-17(13)24-11-25-18)16(30)22(36,27-8-4-3-5-9-27)15(19(31)32)21(35,20(33)34)10-14(28)29/h6-7,11-12,15,35-36H,3-5,8-10H2,1-2H3,(H,28,29)(H,31,32)(H,33,34)(H,23,24,25)/t12?,15-,21-,22?/m1/s1. The van der Waals surface area contributed by atoms with E-state index in [1.165, 1.54) is 25.2 Å². The van der Waals surface area contributed by atoms with Gasteiger partial charge in [-0.2, -0.15) is 0 Å². The minimum atomic E-state index is -3.50. The summed E-state index contributed by atoms with van der Waals surface area (Å²) < 4.78 is 0. The maximum Gasteiger partial charge on any atom is 0.337 e. The predicted octanol–water partition coefficient (Wildman–Crippen LogP) is -0.483. The van der Waals surface area contributed by atoms with Crippen LogP contribution in [0.4, 0.5) is 5.82 Å². The van der Waals surface area contributed by atoms with Crippen LogP contribution in [-0.2, 0) is 19.2 Å². The molecule has 1 saturated heterocycles. The van der Waals surface area contributed by atoms with Gasteiger partial charge in [-0.25, -0.2) is 14.8 Å². The van der Waals surface area contributed by atoms with Gasteiger partial charge in [0, 0.05) is 26.3 Å². The number of hydrogen-bond acceptors (Lipinski definition) is 10. The first-order valence-corrected chi connectivity index (χ1v) is 11.3. The van der Waals surface area contributed by atoms with Gasteiger partial charge in [0.25, 0.3) is 0 Å². The monoisotopic (exact) mass is 507 g/mol. The van der Waals surface area contributed by atoms with Gasteiger partial charge in [0.05, 0.1) is 17.8 Å². The van der Waals surface area contributed by atoms with E-state index in [4.69, 9.17) is 0 Å². The van der Waals surface area contributed by atoms with E-state index >= 15 is 0 Å². The Morgan fingerprint density at radius 1 is 1.11 bits per heavy atom. The minimum absolute atomic E-state index is 0.0286. The Bertz CT molecular complexity index is 1160. The Labute approximate surface area is 205 Å². The van der Waals surface area contributed by atoms with Crippen LogP contribution >= 0.6 is 0 Å². The van der Waals surface area contributed by atoms with E-state index in [9.17, 15) is 44.7 Å². The number of nitrogens with zero attached hydrogens (tertiary/aromatic N) is 4. The first-order valence-electron chi connectivity index (χ1n) is 11.3. The summed E-state index contributed by atoms with van der Waals surface area (Å²) in [5, 5.41) is 52.3. The second-order valence-corrected chi connectivity index (χ2v) is 8.93. The Morgan fingerprint density at radius 3 is 2.31 bits per heavy atom. The Hall–Kier alpha value is -3.62. The number of carbonyl (C=O) groups excluding carboxylic acids is 1. The summed E-state index contributed by atoms with van der Waals surface area (Å²) in [6.45, 7) is 1.43. The summed E-state index contributed by atoms with van der Waals surface area (Å²) in [5.74, 6) is -9.63. The summed E-state index contributed by atoms with van der Waals surface area (Å²) in [6, 6.07) is 0.375. The topological polar surface area (TPSA) is 217 Å². The van der Waals surface area contributed by atoms with Gasteiger partial charge in [-0.3, -0.25) is 19.3 Å². The van der Waals surface area contributed by atoms with Crippen LogP contribution < -0.4 is 4.90 Å². The lowest BCUT2D eigenvalue weighted by Gasteiger charge is -2.48.